The van der Waals surface area contributed by atoms with Crippen LogP contribution in [0.5, 0.6) is 0 Å². The van der Waals surface area contributed by atoms with Crippen molar-refractivity contribution in [3.63, 3.8) is 0 Å². The molecule has 6 rings (SSSR count). The van der Waals surface area contributed by atoms with Gasteiger partial charge in [0.1, 0.15) is 0 Å². The highest BCUT2D eigenvalue weighted by atomic mass is 16.5. The maximum absolute atomic E-state index is 14.2. The molecule has 0 saturated carbocycles. The molecule has 2 saturated heterocycles. The molecule has 3 atom stereocenters. The van der Waals surface area contributed by atoms with E-state index in [1.54, 1.807) is 42.5 Å². The molecule has 2 heterocycles. The van der Waals surface area contributed by atoms with Gasteiger partial charge in [0.25, 0.3) is 0 Å². The van der Waals surface area contributed by atoms with Crippen LogP contribution in [0.15, 0.2) is 72.8 Å². The van der Waals surface area contributed by atoms with Gasteiger partial charge < -0.3 is 14.2 Å². The molecule has 10 heteroatoms. The summed E-state index contributed by atoms with van der Waals surface area (Å²) in [4.78, 5) is 81.5. The number of methoxy groups -OCH3 is 2. The van der Waals surface area contributed by atoms with E-state index in [1.165, 1.54) is 30.3 Å². The molecular weight excluding hydrogens is 518 g/mol. The molecule has 3 aliphatic rings. The van der Waals surface area contributed by atoms with Gasteiger partial charge in [0.15, 0.2) is 0 Å². The summed E-state index contributed by atoms with van der Waals surface area (Å²) in [5.74, 6) is -7.33. The summed E-state index contributed by atoms with van der Waals surface area (Å²) >= 11 is 0. The number of amides is 2. The van der Waals surface area contributed by atoms with Crippen molar-refractivity contribution in [2.45, 2.75) is 11.7 Å². The second-order valence-electron chi connectivity index (χ2n) is 9.66. The van der Waals surface area contributed by atoms with E-state index in [2.05, 4.69) is 0 Å². The molecular formula is C30H21NO9. The average molecular weight is 539 g/mol. The molecule has 0 aromatic heterocycles. The molecule has 10 nitrogen and oxygen atoms in total. The molecule has 1 spiro atoms. The van der Waals surface area contributed by atoms with Crippen molar-refractivity contribution >= 4 is 41.0 Å². The number of benzene rings is 3. The monoisotopic (exact) mass is 539 g/mol. The summed E-state index contributed by atoms with van der Waals surface area (Å²) in [7, 11) is 2.29. The van der Waals surface area contributed by atoms with Gasteiger partial charge in [-0.15, -0.1) is 0 Å². The predicted molar refractivity (Wildman–Crippen MR) is 137 cm³/mol. The highest BCUT2D eigenvalue weighted by molar-refractivity contribution is 6.37. The largest absolute Gasteiger partial charge is 0.465 e. The first-order valence-electron chi connectivity index (χ1n) is 12.4. The summed E-state index contributed by atoms with van der Waals surface area (Å²) < 4.78 is 15.8. The third-order valence-corrected chi connectivity index (χ3v) is 7.67. The molecule has 3 aromatic rings. The molecule has 2 fully saturated rings. The van der Waals surface area contributed by atoms with E-state index in [4.69, 9.17) is 14.2 Å². The number of hydrogen-bond acceptors (Lipinski definition) is 9. The van der Waals surface area contributed by atoms with Crippen LogP contribution in [0.3, 0.4) is 0 Å². The third kappa shape index (κ3) is 3.32. The summed E-state index contributed by atoms with van der Waals surface area (Å²) in [6.07, 6.45) is -1.10. The normalized spacial score (nSPS) is 22.4. The fourth-order valence-corrected chi connectivity index (χ4v) is 5.93. The van der Waals surface area contributed by atoms with Gasteiger partial charge in [0.2, 0.25) is 29.0 Å². The number of carbonyl (C=O) groups excluding carboxylic acids is 6. The Morgan fingerprint density at radius 3 is 1.80 bits per heavy atom. The fourth-order valence-electron chi connectivity index (χ4n) is 5.93. The lowest BCUT2D eigenvalue weighted by atomic mass is 9.77. The predicted octanol–water partition coefficient (Wildman–Crippen LogP) is 2.95. The quantitative estimate of drug-likeness (QED) is 0.279. The molecule has 3 aromatic carbocycles. The van der Waals surface area contributed by atoms with Crippen LogP contribution in [0.2, 0.25) is 0 Å². The van der Waals surface area contributed by atoms with Gasteiger partial charge in [-0.1, -0.05) is 54.6 Å². The number of Topliss-reactive ketones (excluding diaryl/α,β-unsaturated/α-hetero) is 2. The number of ether oxygens (including phenoxy) is 3. The Balaban J connectivity index is 1.54. The Morgan fingerprint density at radius 2 is 1.27 bits per heavy atom. The third-order valence-electron chi connectivity index (χ3n) is 7.67. The summed E-state index contributed by atoms with van der Waals surface area (Å²) in [5, 5.41) is 0. The smallest absolute Gasteiger partial charge is 0.337 e. The van der Waals surface area contributed by atoms with E-state index in [9.17, 15) is 28.8 Å². The number of ketones is 2. The zero-order valence-corrected chi connectivity index (χ0v) is 21.3. The molecule has 0 unspecified atom stereocenters. The number of hydrogen-bond donors (Lipinski definition) is 0. The first-order chi connectivity index (χ1) is 19.2. The number of imide groups is 1. The van der Waals surface area contributed by atoms with E-state index >= 15 is 0 Å². The van der Waals surface area contributed by atoms with Gasteiger partial charge in [-0.2, -0.15) is 0 Å². The lowest BCUT2D eigenvalue weighted by Gasteiger charge is -2.27. The first kappa shape index (κ1) is 25.3. The topological polar surface area (TPSA) is 133 Å². The van der Waals surface area contributed by atoms with E-state index in [0.29, 0.717) is 5.56 Å². The average Bonchev–Trinajstić information content (AvgIpc) is 3.56. The Labute approximate surface area is 227 Å². The van der Waals surface area contributed by atoms with Crippen molar-refractivity contribution < 1.29 is 43.0 Å². The Bertz CT molecular complexity index is 1570. The number of anilines is 1. The number of nitrogens with zero attached hydrogens (tertiary/aromatic N) is 1. The number of rotatable bonds is 4. The van der Waals surface area contributed by atoms with Crippen molar-refractivity contribution in [1.82, 2.24) is 0 Å². The Morgan fingerprint density at radius 1 is 0.750 bits per heavy atom. The van der Waals surface area contributed by atoms with Gasteiger partial charge in [0, 0.05) is 11.1 Å². The summed E-state index contributed by atoms with van der Waals surface area (Å²) in [6, 6.07) is 18.4. The SMILES string of the molecule is COC(=O)c1cc(C(=O)OC)cc(N2C(=O)[C@@H]3[C@@H](c4ccccc4)OC4(C(=O)c5ccccc5C4=O)[C@H]3C2=O)c1. The standard InChI is InChI=1S/C30H21NO9/c1-38-28(36)16-12-17(29(37)39-2)14-18(13-16)31-26(34)21-22(27(31)35)30(40-23(21)15-8-4-3-5-9-15)24(32)19-10-6-7-11-20(19)25(30)33/h3-14,21-23H,1-2H3/t21-,22+,23+/m0/s1. The minimum atomic E-state index is -2.25. The minimum Gasteiger partial charge on any atom is -0.465 e. The van der Waals surface area contributed by atoms with Gasteiger partial charge >= 0.3 is 11.9 Å². The van der Waals surface area contributed by atoms with Crippen LogP contribution in [-0.2, 0) is 23.8 Å². The number of fused-ring (bicyclic) bond motifs is 3. The highest BCUT2D eigenvalue weighted by Gasteiger charge is 2.74. The Kier molecular flexibility index (Phi) is 5.74. The molecule has 200 valence electrons. The van der Waals surface area contributed by atoms with Gasteiger partial charge in [-0.3, -0.25) is 19.2 Å². The van der Waals surface area contributed by atoms with Crippen molar-refractivity contribution in [3.8, 4) is 0 Å². The molecule has 0 N–H and O–H groups in total. The van der Waals surface area contributed by atoms with Crippen molar-refractivity contribution in [1.29, 1.82) is 0 Å². The summed E-state index contributed by atoms with van der Waals surface area (Å²) in [6.45, 7) is 0. The van der Waals surface area contributed by atoms with E-state index in [-0.39, 0.29) is 27.9 Å². The van der Waals surface area contributed by atoms with Crippen LogP contribution in [0.1, 0.15) is 53.1 Å². The fraction of sp³-hybridized carbons (Fsp3) is 0.200. The molecule has 0 radical (unpaired) electrons. The second kappa shape index (κ2) is 9.06. The molecule has 2 aliphatic heterocycles. The lowest BCUT2D eigenvalue weighted by Crippen LogP contribution is -2.51. The van der Waals surface area contributed by atoms with Crippen molar-refractivity contribution in [2.75, 3.05) is 19.1 Å². The maximum atomic E-state index is 14.2. The van der Waals surface area contributed by atoms with Crippen LogP contribution >= 0.6 is 0 Å². The van der Waals surface area contributed by atoms with E-state index in [1.807, 2.05) is 0 Å². The molecule has 40 heavy (non-hydrogen) atoms. The lowest BCUT2D eigenvalue weighted by molar-refractivity contribution is -0.127. The van der Waals surface area contributed by atoms with Gasteiger partial charge in [0.05, 0.1) is 49.0 Å². The molecule has 2 amide bonds. The van der Waals surface area contributed by atoms with Crippen LogP contribution in [-0.4, -0.2) is 55.1 Å². The number of esters is 2. The summed E-state index contributed by atoms with van der Waals surface area (Å²) in [5.41, 5.74) is -1.84. The minimum absolute atomic E-state index is 0.106. The van der Waals surface area contributed by atoms with Crippen molar-refractivity contribution in [2.24, 2.45) is 11.8 Å². The Hall–Kier alpha value is -4.96. The van der Waals surface area contributed by atoms with Gasteiger partial charge in [-0.05, 0) is 23.8 Å². The molecule has 1 aliphatic carbocycles. The first-order valence-corrected chi connectivity index (χ1v) is 12.4. The zero-order chi connectivity index (χ0) is 28.3. The van der Waals surface area contributed by atoms with Crippen LogP contribution in [0.4, 0.5) is 5.69 Å². The van der Waals surface area contributed by atoms with Crippen LogP contribution < -0.4 is 4.90 Å². The van der Waals surface area contributed by atoms with E-state index in [0.717, 1.165) is 19.1 Å². The van der Waals surface area contributed by atoms with E-state index < -0.39 is 58.9 Å². The second-order valence-corrected chi connectivity index (χ2v) is 9.66. The maximum Gasteiger partial charge on any atom is 0.337 e. The van der Waals surface area contributed by atoms with Crippen LogP contribution in [0, 0.1) is 11.8 Å². The molecule has 0 bridgehead atoms. The number of carbonyl (C=O) groups is 6. The van der Waals surface area contributed by atoms with Crippen molar-refractivity contribution in [3.05, 3.63) is 101 Å². The van der Waals surface area contributed by atoms with Gasteiger partial charge in [-0.25, -0.2) is 14.5 Å². The van der Waals surface area contributed by atoms with Crippen LogP contribution in [0.25, 0.3) is 0 Å². The highest BCUT2D eigenvalue weighted by Crippen LogP contribution is 2.57. The zero-order valence-electron chi connectivity index (χ0n) is 21.3.